The van der Waals surface area contributed by atoms with E-state index in [2.05, 4.69) is 15.2 Å². The Labute approximate surface area is 211 Å². The lowest BCUT2D eigenvalue weighted by atomic mass is 10.1. The van der Waals surface area contributed by atoms with Crippen LogP contribution in [0.4, 0.5) is 10.6 Å². The smallest absolute Gasteiger partial charge is 0.338 e. The molecule has 0 aliphatic carbocycles. The van der Waals surface area contributed by atoms with Crippen molar-refractivity contribution in [3.8, 4) is 5.69 Å². The Hall–Kier alpha value is -3.28. The SMILES string of the molecule is CC(C)(N)C(=O)N1CCN(C(=O)Nc2ccn(-c3ccc(CCCN4CC(N)C4)cc3)c(=O)n2)CC1. The van der Waals surface area contributed by atoms with Gasteiger partial charge in [0, 0.05) is 51.5 Å². The van der Waals surface area contributed by atoms with Crippen molar-refractivity contribution >= 4 is 17.8 Å². The number of aromatic nitrogens is 2. The highest BCUT2D eigenvalue weighted by atomic mass is 16.2. The third kappa shape index (κ3) is 6.28. The van der Waals surface area contributed by atoms with Crippen molar-refractivity contribution in [3.63, 3.8) is 0 Å². The molecule has 0 atom stereocenters. The standard InChI is InChI=1S/C25H36N8O3/c1-25(2,27)22(34)31-12-14-32(15-13-31)23(35)28-21-9-11-33(24(36)29-21)20-7-5-18(6-8-20)4-3-10-30-16-19(26)17-30/h5-9,11,19H,3-4,10,12-17,26-27H2,1-2H3,(H,28,29,35,36). The van der Waals surface area contributed by atoms with Gasteiger partial charge in [-0.05, 0) is 57.0 Å². The minimum Gasteiger partial charge on any atom is -0.338 e. The molecule has 2 saturated heterocycles. The maximum Gasteiger partial charge on any atom is 0.354 e. The van der Waals surface area contributed by atoms with Gasteiger partial charge in [0.05, 0.1) is 11.2 Å². The Bertz CT molecular complexity index is 1130. The molecule has 5 N–H and O–H groups in total. The number of hydrogen-bond acceptors (Lipinski definition) is 7. The van der Waals surface area contributed by atoms with Gasteiger partial charge in [-0.15, -0.1) is 0 Å². The van der Waals surface area contributed by atoms with Crippen molar-refractivity contribution in [3.05, 3.63) is 52.6 Å². The fourth-order valence-electron chi connectivity index (χ4n) is 4.50. The first-order chi connectivity index (χ1) is 17.1. The number of hydrogen-bond donors (Lipinski definition) is 3. The molecule has 0 saturated carbocycles. The summed E-state index contributed by atoms with van der Waals surface area (Å²) in [6.07, 6.45) is 3.64. The number of piperazine rings is 1. The van der Waals surface area contributed by atoms with Crippen molar-refractivity contribution in [2.24, 2.45) is 11.5 Å². The van der Waals surface area contributed by atoms with Gasteiger partial charge < -0.3 is 26.2 Å². The summed E-state index contributed by atoms with van der Waals surface area (Å²) in [5.74, 6) is 0.0444. The normalized spacial score (nSPS) is 17.1. The summed E-state index contributed by atoms with van der Waals surface area (Å²) in [5.41, 5.74) is 12.2. The first-order valence-corrected chi connectivity index (χ1v) is 12.4. The van der Waals surface area contributed by atoms with Crippen LogP contribution in [0.3, 0.4) is 0 Å². The van der Waals surface area contributed by atoms with Gasteiger partial charge in [-0.25, -0.2) is 9.59 Å². The van der Waals surface area contributed by atoms with Crippen LogP contribution in [-0.4, -0.2) is 93.6 Å². The number of carbonyl (C=O) groups is 2. The van der Waals surface area contributed by atoms with E-state index in [1.165, 1.54) is 10.1 Å². The zero-order chi connectivity index (χ0) is 25.9. The molecule has 0 unspecified atom stereocenters. The first-order valence-electron chi connectivity index (χ1n) is 12.4. The molecule has 2 aliphatic rings. The largest absolute Gasteiger partial charge is 0.354 e. The summed E-state index contributed by atoms with van der Waals surface area (Å²) in [7, 11) is 0. The van der Waals surface area contributed by atoms with E-state index in [4.69, 9.17) is 11.5 Å². The molecular weight excluding hydrogens is 460 g/mol. The van der Waals surface area contributed by atoms with Crippen LogP contribution in [-0.2, 0) is 11.2 Å². The van der Waals surface area contributed by atoms with E-state index in [0.29, 0.717) is 37.9 Å². The molecule has 2 aromatic rings. The highest BCUT2D eigenvalue weighted by molar-refractivity contribution is 5.89. The Balaban J connectivity index is 1.28. The predicted octanol–water partition coefficient (Wildman–Crippen LogP) is 0.221. The number of aryl methyl sites for hydroxylation is 1. The van der Waals surface area contributed by atoms with Gasteiger partial charge in [-0.2, -0.15) is 4.98 Å². The van der Waals surface area contributed by atoms with Crippen LogP contribution in [0.25, 0.3) is 5.69 Å². The van der Waals surface area contributed by atoms with Crippen LogP contribution < -0.4 is 22.5 Å². The maximum atomic E-state index is 12.6. The van der Waals surface area contributed by atoms with Crippen molar-refractivity contribution in [1.82, 2.24) is 24.3 Å². The number of urea groups is 1. The minimum atomic E-state index is -0.943. The Morgan fingerprint density at radius 3 is 2.28 bits per heavy atom. The fourth-order valence-corrected chi connectivity index (χ4v) is 4.50. The summed E-state index contributed by atoms with van der Waals surface area (Å²) in [6.45, 7) is 7.92. The Kier molecular flexibility index (Phi) is 7.72. The molecule has 0 radical (unpaired) electrons. The fraction of sp³-hybridized carbons (Fsp3) is 0.520. The summed E-state index contributed by atoms with van der Waals surface area (Å²) >= 11 is 0. The summed E-state index contributed by atoms with van der Waals surface area (Å²) in [4.78, 5) is 47.2. The number of benzene rings is 1. The van der Waals surface area contributed by atoms with E-state index in [-0.39, 0.29) is 17.8 Å². The molecule has 3 amide bonds. The number of nitrogens with one attached hydrogen (secondary N) is 1. The second-order valence-electron chi connectivity index (χ2n) is 10.2. The summed E-state index contributed by atoms with van der Waals surface area (Å²) in [6, 6.07) is 9.42. The van der Waals surface area contributed by atoms with E-state index >= 15 is 0 Å². The molecule has 4 rings (SSSR count). The molecule has 1 aromatic carbocycles. The molecule has 2 aliphatic heterocycles. The summed E-state index contributed by atoms with van der Waals surface area (Å²) in [5, 5.41) is 2.68. The monoisotopic (exact) mass is 496 g/mol. The van der Waals surface area contributed by atoms with Crippen LogP contribution in [0.2, 0.25) is 0 Å². The number of rotatable bonds is 7. The van der Waals surface area contributed by atoms with Crippen molar-refractivity contribution < 1.29 is 9.59 Å². The molecule has 11 heteroatoms. The van der Waals surface area contributed by atoms with Crippen LogP contribution in [0.5, 0.6) is 0 Å². The molecule has 3 heterocycles. The number of nitrogens with two attached hydrogens (primary N) is 2. The van der Waals surface area contributed by atoms with Gasteiger partial charge >= 0.3 is 11.7 Å². The summed E-state index contributed by atoms with van der Waals surface area (Å²) < 4.78 is 1.44. The van der Waals surface area contributed by atoms with Gasteiger partial charge in [0.2, 0.25) is 5.91 Å². The van der Waals surface area contributed by atoms with E-state index in [1.54, 1.807) is 35.9 Å². The molecule has 0 spiro atoms. The van der Waals surface area contributed by atoms with Gasteiger partial charge in [0.1, 0.15) is 5.82 Å². The quantitative estimate of drug-likeness (QED) is 0.498. The lowest BCUT2D eigenvalue weighted by Crippen LogP contribution is -2.58. The van der Waals surface area contributed by atoms with E-state index in [9.17, 15) is 14.4 Å². The molecule has 2 fully saturated rings. The van der Waals surface area contributed by atoms with Gasteiger partial charge in [0.15, 0.2) is 0 Å². The van der Waals surface area contributed by atoms with E-state index in [0.717, 1.165) is 32.5 Å². The van der Waals surface area contributed by atoms with Crippen molar-refractivity contribution in [1.29, 1.82) is 0 Å². The lowest BCUT2D eigenvalue weighted by molar-refractivity contribution is -0.137. The minimum absolute atomic E-state index is 0.141. The van der Waals surface area contributed by atoms with Crippen LogP contribution >= 0.6 is 0 Å². The highest BCUT2D eigenvalue weighted by Gasteiger charge is 2.31. The predicted molar refractivity (Wildman–Crippen MR) is 138 cm³/mol. The Morgan fingerprint density at radius 2 is 1.69 bits per heavy atom. The number of carbonyl (C=O) groups excluding carboxylic acids is 2. The third-order valence-corrected chi connectivity index (χ3v) is 6.58. The van der Waals surface area contributed by atoms with Crippen molar-refractivity contribution in [2.75, 3.05) is 51.1 Å². The number of likely N-dealkylation sites (tertiary alicyclic amines) is 1. The average Bonchev–Trinajstić information content (AvgIpc) is 2.82. The molecule has 36 heavy (non-hydrogen) atoms. The zero-order valence-electron chi connectivity index (χ0n) is 21.0. The number of nitrogens with zero attached hydrogens (tertiary/aromatic N) is 5. The van der Waals surface area contributed by atoms with Gasteiger partial charge in [0.25, 0.3) is 0 Å². The van der Waals surface area contributed by atoms with Crippen LogP contribution in [0.1, 0.15) is 25.8 Å². The second kappa shape index (κ2) is 10.8. The van der Waals surface area contributed by atoms with E-state index in [1.807, 2.05) is 24.3 Å². The Morgan fingerprint density at radius 1 is 1.06 bits per heavy atom. The third-order valence-electron chi connectivity index (χ3n) is 6.58. The first kappa shape index (κ1) is 25.8. The van der Waals surface area contributed by atoms with Gasteiger partial charge in [-0.1, -0.05) is 12.1 Å². The zero-order valence-corrected chi connectivity index (χ0v) is 21.0. The van der Waals surface area contributed by atoms with Gasteiger partial charge in [-0.3, -0.25) is 14.7 Å². The molecule has 11 nitrogen and oxygen atoms in total. The average molecular weight is 497 g/mol. The van der Waals surface area contributed by atoms with Crippen LogP contribution in [0.15, 0.2) is 41.3 Å². The second-order valence-corrected chi connectivity index (χ2v) is 10.2. The maximum absolute atomic E-state index is 12.6. The van der Waals surface area contributed by atoms with E-state index < -0.39 is 11.2 Å². The number of anilines is 1. The highest BCUT2D eigenvalue weighted by Crippen LogP contribution is 2.13. The number of amides is 3. The molecule has 0 bridgehead atoms. The lowest BCUT2D eigenvalue weighted by Gasteiger charge is -2.37. The molecule has 1 aromatic heterocycles. The molecule has 194 valence electrons. The van der Waals surface area contributed by atoms with Crippen molar-refractivity contribution in [2.45, 2.75) is 38.3 Å². The topological polar surface area (TPSA) is 143 Å². The van der Waals surface area contributed by atoms with Crippen LogP contribution in [0, 0.1) is 0 Å². The molecular formula is C25H36N8O3.